The summed E-state index contributed by atoms with van der Waals surface area (Å²) in [4.78, 5) is 3.55. The zero-order valence-corrected chi connectivity index (χ0v) is 10.3. The zero-order chi connectivity index (χ0) is 11.8. The van der Waals surface area contributed by atoms with Crippen molar-refractivity contribution in [3.8, 4) is 5.75 Å². The molecule has 2 heterocycles. The predicted molar refractivity (Wildman–Crippen MR) is 69.6 cm³/mol. The van der Waals surface area contributed by atoms with Crippen LogP contribution in [-0.4, -0.2) is 18.6 Å². The maximum Gasteiger partial charge on any atom is 0.128 e. The summed E-state index contributed by atoms with van der Waals surface area (Å²) in [5.74, 6) is 0.983. The van der Waals surface area contributed by atoms with Gasteiger partial charge in [0.2, 0.25) is 0 Å². The monoisotopic (exact) mass is 230 g/mol. The fourth-order valence-electron chi connectivity index (χ4n) is 2.85. The molecule has 1 aromatic carbocycles. The van der Waals surface area contributed by atoms with Crippen molar-refractivity contribution in [2.24, 2.45) is 0 Å². The second-order valence-electron chi connectivity index (χ2n) is 4.57. The number of ether oxygens (including phenoxy) is 1. The molecule has 3 rings (SSSR count). The fourth-order valence-corrected chi connectivity index (χ4v) is 2.85. The molecule has 0 saturated carbocycles. The van der Waals surface area contributed by atoms with Crippen LogP contribution in [0.1, 0.15) is 30.6 Å². The summed E-state index contributed by atoms with van der Waals surface area (Å²) < 4.78 is 5.48. The van der Waals surface area contributed by atoms with Gasteiger partial charge in [0.15, 0.2) is 0 Å². The number of methoxy groups -OCH3 is 1. The highest BCUT2D eigenvalue weighted by Gasteiger charge is 2.23. The van der Waals surface area contributed by atoms with Crippen molar-refractivity contribution in [3.63, 3.8) is 0 Å². The lowest BCUT2D eigenvalue weighted by Gasteiger charge is -2.23. The van der Waals surface area contributed by atoms with E-state index < -0.39 is 0 Å². The Balaban J connectivity index is 2.27. The summed E-state index contributed by atoms with van der Waals surface area (Å²) >= 11 is 0. The van der Waals surface area contributed by atoms with Crippen LogP contribution in [0.3, 0.4) is 0 Å². The normalized spacial score (nSPS) is 19.3. The van der Waals surface area contributed by atoms with E-state index in [0.717, 1.165) is 25.1 Å². The molecular weight excluding hydrogens is 212 g/mol. The number of hydrogen-bond acceptors (Lipinski definition) is 2. The molecule has 3 heteroatoms. The first-order chi connectivity index (χ1) is 8.35. The van der Waals surface area contributed by atoms with Crippen molar-refractivity contribution >= 4 is 10.9 Å². The number of hydrogen-bond donors (Lipinski definition) is 2. The van der Waals surface area contributed by atoms with E-state index in [0.29, 0.717) is 6.04 Å². The van der Waals surface area contributed by atoms with Crippen molar-refractivity contribution in [2.75, 3.05) is 13.7 Å². The predicted octanol–water partition coefficient (Wildman–Crippen LogP) is 2.77. The molecule has 0 amide bonds. The van der Waals surface area contributed by atoms with Gasteiger partial charge in [-0.05, 0) is 37.1 Å². The molecule has 0 aliphatic carbocycles. The average Bonchev–Trinajstić information content (AvgIpc) is 2.76. The van der Waals surface area contributed by atoms with Crippen molar-refractivity contribution < 1.29 is 4.74 Å². The van der Waals surface area contributed by atoms with Crippen LogP contribution >= 0.6 is 0 Å². The van der Waals surface area contributed by atoms with Gasteiger partial charge < -0.3 is 15.0 Å². The zero-order valence-electron chi connectivity index (χ0n) is 10.3. The van der Waals surface area contributed by atoms with Crippen LogP contribution in [0.2, 0.25) is 0 Å². The van der Waals surface area contributed by atoms with E-state index in [4.69, 9.17) is 4.74 Å². The molecule has 90 valence electrons. The number of benzene rings is 1. The van der Waals surface area contributed by atoms with E-state index in [1.54, 1.807) is 7.11 Å². The molecule has 1 aliphatic rings. The second kappa shape index (κ2) is 4.08. The summed E-state index contributed by atoms with van der Waals surface area (Å²) in [6.45, 7) is 3.27. The molecule has 1 aliphatic heterocycles. The van der Waals surface area contributed by atoms with E-state index in [-0.39, 0.29) is 0 Å². The van der Waals surface area contributed by atoms with E-state index in [1.807, 2.05) is 12.1 Å². The third kappa shape index (κ3) is 1.53. The van der Waals surface area contributed by atoms with E-state index in [2.05, 4.69) is 23.3 Å². The number of rotatable bonds is 2. The Morgan fingerprint density at radius 3 is 3.06 bits per heavy atom. The number of H-pyrrole nitrogens is 1. The molecule has 2 N–H and O–H groups in total. The van der Waals surface area contributed by atoms with Crippen molar-refractivity contribution in [1.82, 2.24) is 10.3 Å². The van der Waals surface area contributed by atoms with Gasteiger partial charge in [-0.2, -0.15) is 0 Å². The van der Waals surface area contributed by atoms with Crippen LogP contribution in [0.5, 0.6) is 5.75 Å². The second-order valence-corrected chi connectivity index (χ2v) is 4.57. The standard InChI is InChI=1S/C14H18N2O/c1-3-10-14-9(7-8-15-10)13-11(16-14)5-4-6-12(13)17-2/h4-6,10,15-16H,3,7-8H2,1-2H3. The van der Waals surface area contributed by atoms with Gasteiger partial charge in [0.1, 0.15) is 5.75 Å². The highest BCUT2D eigenvalue weighted by Crippen LogP contribution is 2.36. The lowest BCUT2D eigenvalue weighted by Crippen LogP contribution is -2.29. The Kier molecular flexibility index (Phi) is 2.56. The van der Waals surface area contributed by atoms with Crippen LogP contribution in [0.25, 0.3) is 10.9 Å². The molecule has 0 spiro atoms. The van der Waals surface area contributed by atoms with Gasteiger partial charge in [-0.25, -0.2) is 0 Å². The quantitative estimate of drug-likeness (QED) is 0.832. The first-order valence-corrected chi connectivity index (χ1v) is 6.26. The SMILES string of the molecule is CCC1NCCc2c1[nH]c1cccc(OC)c21. The summed E-state index contributed by atoms with van der Waals surface area (Å²) in [5, 5.41) is 4.82. The first kappa shape index (κ1) is 10.7. The van der Waals surface area contributed by atoms with Crippen LogP contribution in [-0.2, 0) is 6.42 Å². The Bertz CT molecular complexity index is 544. The molecule has 0 radical (unpaired) electrons. The van der Waals surface area contributed by atoms with Gasteiger partial charge in [0, 0.05) is 22.6 Å². The molecule has 3 nitrogen and oxygen atoms in total. The van der Waals surface area contributed by atoms with Gasteiger partial charge in [-0.15, -0.1) is 0 Å². The van der Waals surface area contributed by atoms with Crippen molar-refractivity contribution in [1.29, 1.82) is 0 Å². The third-order valence-corrected chi connectivity index (χ3v) is 3.66. The smallest absolute Gasteiger partial charge is 0.128 e. The molecule has 0 fully saturated rings. The maximum atomic E-state index is 5.48. The Morgan fingerprint density at radius 1 is 1.41 bits per heavy atom. The molecule has 1 aromatic heterocycles. The fraction of sp³-hybridized carbons (Fsp3) is 0.429. The molecule has 17 heavy (non-hydrogen) atoms. The van der Waals surface area contributed by atoms with Gasteiger partial charge in [-0.1, -0.05) is 13.0 Å². The number of aromatic nitrogens is 1. The van der Waals surface area contributed by atoms with Crippen molar-refractivity contribution in [3.05, 3.63) is 29.5 Å². The van der Waals surface area contributed by atoms with Crippen LogP contribution < -0.4 is 10.1 Å². The average molecular weight is 230 g/mol. The largest absolute Gasteiger partial charge is 0.496 e. The molecule has 2 aromatic rings. The maximum absolute atomic E-state index is 5.48. The van der Waals surface area contributed by atoms with Gasteiger partial charge in [-0.3, -0.25) is 0 Å². The highest BCUT2D eigenvalue weighted by atomic mass is 16.5. The molecule has 0 bridgehead atoms. The number of fused-ring (bicyclic) bond motifs is 3. The van der Waals surface area contributed by atoms with E-state index in [1.165, 1.54) is 22.2 Å². The third-order valence-electron chi connectivity index (χ3n) is 3.66. The lowest BCUT2D eigenvalue weighted by molar-refractivity contribution is 0.419. The minimum Gasteiger partial charge on any atom is -0.496 e. The van der Waals surface area contributed by atoms with Gasteiger partial charge >= 0.3 is 0 Å². The summed E-state index contributed by atoms with van der Waals surface area (Å²) in [6, 6.07) is 6.66. The van der Waals surface area contributed by atoms with Gasteiger partial charge in [0.05, 0.1) is 7.11 Å². The van der Waals surface area contributed by atoms with Crippen LogP contribution in [0.4, 0.5) is 0 Å². The summed E-state index contributed by atoms with van der Waals surface area (Å²) in [6.07, 6.45) is 2.19. The molecular formula is C14H18N2O. The molecule has 0 saturated heterocycles. The van der Waals surface area contributed by atoms with Crippen LogP contribution in [0, 0.1) is 0 Å². The summed E-state index contributed by atoms with van der Waals surface area (Å²) in [7, 11) is 1.74. The number of nitrogens with one attached hydrogen (secondary N) is 2. The van der Waals surface area contributed by atoms with Gasteiger partial charge in [0.25, 0.3) is 0 Å². The van der Waals surface area contributed by atoms with Crippen molar-refractivity contribution in [2.45, 2.75) is 25.8 Å². The van der Waals surface area contributed by atoms with Crippen LogP contribution in [0.15, 0.2) is 18.2 Å². The Morgan fingerprint density at radius 2 is 2.29 bits per heavy atom. The molecule has 1 unspecified atom stereocenters. The van der Waals surface area contributed by atoms with E-state index >= 15 is 0 Å². The lowest BCUT2D eigenvalue weighted by atomic mass is 9.97. The minimum absolute atomic E-state index is 0.454. The van der Waals surface area contributed by atoms with E-state index in [9.17, 15) is 0 Å². The first-order valence-electron chi connectivity index (χ1n) is 6.26. The topological polar surface area (TPSA) is 37.0 Å². The Hall–Kier alpha value is -1.48. The molecule has 1 atom stereocenters. The number of aromatic amines is 1. The Labute approximate surface area is 101 Å². The minimum atomic E-state index is 0.454. The highest BCUT2D eigenvalue weighted by molar-refractivity contribution is 5.91. The summed E-state index contributed by atoms with van der Waals surface area (Å²) in [5.41, 5.74) is 3.97.